The molecule has 0 aliphatic heterocycles. The smallest absolute Gasteiger partial charge is 0.313 e. The van der Waals surface area contributed by atoms with Crippen LogP contribution >= 0.6 is 0 Å². The summed E-state index contributed by atoms with van der Waals surface area (Å²) < 4.78 is 44.2. The van der Waals surface area contributed by atoms with Gasteiger partial charge in [-0.25, -0.2) is 9.07 Å². The Hall–Kier alpha value is -2.67. The van der Waals surface area contributed by atoms with Gasteiger partial charge in [0.25, 0.3) is 0 Å². The Bertz CT molecular complexity index is 891. The highest BCUT2D eigenvalue weighted by atomic mass is 32.2. The van der Waals surface area contributed by atoms with Crippen LogP contribution in [0.1, 0.15) is 5.56 Å². The zero-order chi connectivity index (χ0) is 16.3. The van der Waals surface area contributed by atoms with E-state index in [0.29, 0.717) is 0 Å². The van der Waals surface area contributed by atoms with Crippen molar-refractivity contribution in [1.29, 1.82) is 0 Å². The number of hydrogen-bond acceptors (Lipinski definition) is 4. The summed E-state index contributed by atoms with van der Waals surface area (Å²) in [6, 6.07) is 13.9. The molecule has 0 aliphatic carbocycles. The van der Waals surface area contributed by atoms with Crippen LogP contribution in [0.2, 0.25) is 0 Å². The van der Waals surface area contributed by atoms with Gasteiger partial charge >= 0.3 is 10.1 Å². The van der Waals surface area contributed by atoms with Gasteiger partial charge in [-0.3, -0.25) is 0 Å². The lowest BCUT2D eigenvalue weighted by molar-refractivity contribution is 0.483. The lowest BCUT2D eigenvalue weighted by Crippen LogP contribution is -2.13. The molecule has 0 fully saturated rings. The van der Waals surface area contributed by atoms with Crippen LogP contribution in [0.5, 0.6) is 5.75 Å². The molecule has 0 atom stereocenters. The molecule has 3 aromatic rings. The Kier molecular flexibility index (Phi) is 4.12. The Labute approximate surface area is 133 Å². The highest BCUT2D eigenvalue weighted by molar-refractivity contribution is 7.86. The summed E-state index contributed by atoms with van der Waals surface area (Å²) in [5.41, 5.74) is 0.842. The van der Waals surface area contributed by atoms with Crippen molar-refractivity contribution in [2.24, 2.45) is 0 Å². The van der Waals surface area contributed by atoms with Crippen molar-refractivity contribution < 1.29 is 17.0 Å². The summed E-state index contributed by atoms with van der Waals surface area (Å²) in [5.74, 6) is -0.938. The number of benzene rings is 2. The zero-order valence-corrected chi connectivity index (χ0v) is 12.8. The van der Waals surface area contributed by atoms with E-state index >= 15 is 0 Å². The van der Waals surface area contributed by atoms with E-state index in [2.05, 4.69) is 5.10 Å². The van der Waals surface area contributed by atoms with E-state index in [4.69, 9.17) is 4.18 Å². The normalized spacial score (nSPS) is 11.3. The molecule has 5 nitrogen and oxygen atoms in total. The fourth-order valence-electron chi connectivity index (χ4n) is 2.06. The molecule has 2 aromatic carbocycles. The van der Waals surface area contributed by atoms with Crippen LogP contribution in [0.15, 0.2) is 67.0 Å². The summed E-state index contributed by atoms with van der Waals surface area (Å²) >= 11 is 0. The zero-order valence-electron chi connectivity index (χ0n) is 12.0. The SMILES string of the molecule is O=S(=O)(Cc1ccccc1F)Oc1ccc(-n2cccn2)cc1. The molecule has 118 valence electrons. The maximum absolute atomic E-state index is 13.5. The quantitative estimate of drug-likeness (QED) is 0.674. The second-order valence-corrected chi connectivity index (χ2v) is 6.39. The van der Waals surface area contributed by atoms with Crippen molar-refractivity contribution in [2.75, 3.05) is 0 Å². The van der Waals surface area contributed by atoms with E-state index in [9.17, 15) is 12.8 Å². The molecule has 0 aliphatic rings. The first-order chi connectivity index (χ1) is 11.0. The van der Waals surface area contributed by atoms with Crippen LogP contribution in [0.4, 0.5) is 4.39 Å². The summed E-state index contributed by atoms with van der Waals surface area (Å²) in [5, 5.41) is 4.07. The molecule has 7 heteroatoms. The summed E-state index contributed by atoms with van der Waals surface area (Å²) in [6.07, 6.45) is 3.41. The molecule has 3 rings (SSSR count). The Morgan fingerprint density at radius 1 is 1.04 bits per heavy atom. The molecule has 0 saturated heterocycles. The minimum absolute atomic E-state index is 0.0701. The third kappa shape index (κ3) is 3.75. The van der Waals surface area contributed by atoms with E-state index < -0.39 is 21.7 Å². The molecule has 0 bridgehead atoms. The maximum atomic E-state index is 13.5. The van der Waals surface area contributed by atoms with Crippen molar-refractivity contribution in [2.45, 2.75) is 5.75 Å². The average Bonchev–Trinajstić information content (AvgIpc) is 3.04. The van der Waals surface area contributed by atoms with Gasteiger partial charge in [-0.1, -0.05) is 18.2 Å². The standard InChI is InChI=1S/C16H13FN2O3S/c17-16-5-2-1-4-13(16)12-23(20,21)22-15-8-6-14(7-9-15)19-11-3-10-18-19/h1-11H,12H2. The van der Waals surface area contributed by atoms with E-state index in [-0.39, 0.29) is 11.3 Å². The number of rotatable bonds is 5. The maximum Gasteiger partial charge on any atom is 0.313 e. The fourth-order valence-corrected chi connectivity index (χ4v) is 3.14. The van der Waals surface area contributed by atoms with Crippen LogP contribution < -0.4 is 4.18 Å². The fraction of sp³-hybridized carbons (Fsp3) is 0.0625. The van der Waals surface area contributed by atoms with Crippen LogP contribution in [0.25, 0.3) is 5.69 Å². The van der Waals surface area contributed by atoms with Crippen molar-refractivity contribution in [3.63, 3.8) is 0 Å². The monoisotopic (exact) mass is 332 g/mol. The second kappa shape index (κ2) is 6.21. The van der Waals surface area contributed by atoms with Crippen LogP contribution in [0, 0.1) is 5.82 Å². The van der Waals surface area contributed by atoms with Gasteiger partial charge in [-0.2, -0.15) is 13.5 Å². The Morgan fingerprint density at radius 3 is 2.43 bits per heavy atom. The summed E-state index contributed by atoms with van der Waals surface area (Å²) in [7, 11) is -3.94. The van der Waals surface area contributed by atoms with E-state index in [1.165, 1.54) is 30.3 Å². The Morgan fingerprint density at radius 2 is 1.78 bits per heavy atom. The molecular formula is C16H13FN2O3S. The molecule has 0 N–H and O–H groups in total. The highest BCUT2D eigenvalue weighted by Crippen LogP contribution is 2.19. The Balaban J connectivity index is 1.74. The van der Waals surface area contributed by atoms with Gasteiger partial charge in [0.05, 0.1) is 5.69 Å². The van der Waals surface area contributed by atoms with Crippen LogP contribution in [-0.2, 0) is 15.9 Å². The third-order valence-electron chi connectivity index (χ3n) is 3.12. The first-order valence-corrected chi connectivity index (χ1v) is 8.37. The predicted octanol–water partition coefficient (Wildman–Crippen LogP) is 2.92. The van der Waals surface area contributed by atoms with Crippen molar-refractivity contribution in [3.05, 3.63) is 78.4 Å². The lowest BCUT2D eigenvalue weighted by Gasteiger charge is -2.08. The van der Waals surface area contributed by atoms with E-state index in [1.807, 2.05) is 0 Å². The van der Waals surface area contributed by atoms with Gasteiger partial charge in [0.1, 0.15) is 17.3 Å². The molecule has 0 spiro atoms. The van der Waals surface area contributed by atoms with E-state index in [0.717, 1.165) is 5.69 Å². The molecule has 0 unspecified atom stereocenters. The summed E-state index contributed by atoms with van der Waals surface area (Å²) in [4.78, 5) is 0. The third-order valence-corrected chi connectivity index (χ3v) is 4.23. The van der Waals surface area contributed by atoms with Crippen molar-refractivity contribution >= 4 is 10.1 Å². The largest absolute Gasteiger partial charge is 0.382 e. The van der Waals surface area contributed by atoms with Gasteiger partial charge in [0.15, 0.2) is 0 Å². The van der Waals surface area contributed by atoms with Crippen molar-refractivity contribution in [3.8, 4) is 11.4 Å². The first kappa shape index (κ1) is 15.2. The van der Waals surface area contributed by atoms with Gasteiger partial charge in [0, 0.05) is 18.0 Å². The number of hydrogen-bond donors (Lipinski definition) is 0. The van der Waals surface area contributed by atoms with Gasteiger partial charge in [0.2, 0.25) is 0 Å². The minimum Gasteiger partial charge on any atom is -0.382 e. The topological polar surface area (TPSA) is 61.2 Å². The molecule has 23 heavy (non-hydrogen) atoms. The second-order valence-electron chi connectivity index (χ2n) is 4.82. The lowest BCUT2D eigenvalue weighted by atomic mass is 10.2. The highest BCUT2D eigenvalue weighted by Gasteiger charge is 2.16. The number of nitrogens with zero attached hydrogens (tertiary/aromatic N) is 2. The minimum atomic E-state index is -3.94. The molecule has 0 amide bonds. The van der Waals surface area contributed by atoms with Gasteiger partial charge < -0.3 is 4.18 Å². The molecular weight excluding hydrogens is 319 g/mol. The molecule has 0 radical (unpaired) electrons. The van der Waals surface area contributed by atoms with Crippen molar-refractivity contribution in [1.82, 2.24) is 9.78 Å². The average molecular weight is 332 g/mol. The first-order valence-electron chi connectivity index (χ1n) is 6.79. The van der Waals surface area contributed by atoms with Gasteiger partial charge in [-0.05, 0) is 36.4 Å². The molecule has 0 saturated carbocycles. The predicted molar refractivity (Wildman–Crippen MR) is 83.2 cm³/mol. The number of aromatic nitrogens is 2. The van der Waals surface area contributed by atoms with Crippen LogP contribution in [-0.4, -0.2) is 18.2 Å². The number of halogens is 1. The summed E-state index contributed by atoms with van der Waals surface area (Å²) in [6.45, 7) is 0. The van der Waals surface area contributed by atoms with Crippen LogP contribution in [0.3, 0.4) is 0 Å². The van der Waals surface area contributed by atoms with Gasteiger partial charge in [-0.15, -0.1) is 0 Å². The van der Waals surface area contributed by atoms with E-state index in [1.54, 1.807) is 41.3 Å². The molecule has 1 heterocycles. The molecule has 1 aromatic heterocycles.